The second kappa shape index (κ2) is 6.08. The van der Waals surface area contributed by atoms with Crippen LogP contribution in [0.2, 0.25) is 0 Å². The van der Waals surface area contributed by atoms with Crippen molar-refractivity contribution in [2.75, 3.05) is 12.8 Å². The fourth-order valence-corrected chi connectivity index (χ4v) is 1.07. The minimum absolute atomic E-state index is 0.0579. The smallest absolute Gasteiger partial charge is 0.229 e. The molecule has 0 fully saturated rings. The number of thiocarbonyl (C=S) groups is 1. The fraction of sp³-hybridized carbons (Fsp3) is 0.750. The van der Waals surface area contributed by atoms with E-state index in [2.05, 4.69) is 17.5 Å². The molecule has 0 saturated heterocycles. The van der Waals surface area contributed by atoms with Crippen molar-refractivity contribution in [3.05, 3.63) is 0 Å². The normalized spacial score (nSPS) is 16.8. The molecule has 6 heteroatoms. The molecule has 0 spiro atoms. The molecule has 4 nitrogen and oxygen atoms in total. The van der Waals surface area contributed by atoms with Crippen LogP contribution in [0.3, 0.4) is 0 Å². The molecule has 0 aliphatic rings. The Balaban J connectivity index is 3.97. The van der Waals surface area contributed by atoms with Gasteiger partial charge in [-0.3, -0.25) is 9.00 Å². The van der Waals surface area contributed by atoms with E-state index >= 15 is 0 Å². The van der Waals surface area contributed by atoms with Gasteiger partial charge < -0.3 is 11.1 Å². The number of carbonyl (C=O) groups is 1. The van der Waals surface area contributed by atoms with Crippen LogP contribution in [-0.4, -0.2) is 33.2 Å². The monoisotopic (exact) mass is 236 g/mol. The molecular weight excluding hydrogens is 220 g/mol. The largest absolute Gasteiger partial charge is 0.393 e. The SMILES string of the molecule is CC(C(=O)NCC(C)S(C)=O)C(N)=S. The van der Waals surface area contributed by atoms with Gasteiger partial charge in [-0.15, -0.1) is 0 Å². The predicted molar refractivity (Wildman–Crippen MR) is 62.5 cm³/mol. The van der Waals surface area contributed by atoms with Crippen molar-refractivity contribution in [2.24, 2.45) is 11.7 Å². The first-order chi connectivity index (χ1) is 6.36. The highest BCUT2D eigenvalue weighted by atomic mass is 32.2. The van der Waals surface area contributed by atoms with Crippen LogP contribution in [-0.2, 0) is 15.6 Å². The van der Waals surface area contributed by atoms with Crippen LogP contribution in [0.25, 0.3) is 0 Å². The zero-order valence-corrected chi connectivity index (χ0v) is 10.2. The molecule has 3 atom stereocenters. The average molecular weight is 236 g/mol. The molecule has 1 amide bonds. The van der Waals surface area contributed by atoms with Gasteiger partial charge in [-0.2, -0.15) is 0 Å². The van der Waals surface area contributed by atoms with Crippen molar-refractivity contribution < 1.29 is 9.00 Å². The van der Waals surface area contributed by atoms with Crippen LogP contribution < -0.4 is 11.1 Å². The average Bonchev–Trinajstić information content (AvgIpc) is 2.11. The van der Waals surface area contributed by atoms with E-state index in [-0.39, 0.29) is 16.1 Å². The number of nitrogens with two attached hydrogens (primary N) is 1. The van der Waals surface area contributed by atoms with E-state index in [0.717, 1.165) is 0 Å². The second-order valence-corrected chi connectivity index (χ2v) is 5.45. The summed E-state index contributed by atoms with van der Waals surface area (Å²) in [5, 5.41) is 2.59. The molecule has 0 aromatic heterocycles. The lowest BCUT2D eigenvalue weighted by Crippen LogP contribution is -2.39. The van der Waals surface area contributed by atoms with E-state index in [1.807, 2.05) is 6.92 Å². The molecule has 0 aromatic rings. The third kappa shape index (κ3) is 4.66. The minimum atomic E-state index is -0.929. The second-order valence-electron chi connectivity index (χ2n) is 3.18. The van der Waals surface area contributed by atoms with E-state index in [0.29, 0.717) is 6.54 Å². The quantitative estimate of drug-likeness (QED) is 0.648. The summed E-state index contributed by atoms with van der Waals surface area (Å²) in [5.74, 6) is -0.683. The van der Waals surface area contributed by atoms with Crippen LogP contribution in [0.5, 0.6) is 0 Å². The zero-order valence-electron chi connectivity index (χ0n) is 8.57. The van der Waals surface area contributed by atoms with Crippen LogP contribution in [0, 0.1) is 5.92 Å². The molecular formula is C8H16N2O2S2. The van der Waals surface area contributed by atoms with Gasteiger partial charge in [-0.25, -0.2) is 0 Å². The van der Waals surface area contributed by atoms with Gasteiger partial charge in [-0.1, -0.05) is 12.2 Å². The molecule has 0 bridgehead atoms. The van der Waals surface area contributed by atoms with E-state index in [9.17, 15) is 9.00 Å². The highest BCUT2D eigenvalue weighted by molar-refractivity contribution is 7.84. The van der Waals surface area contributed by atoms with Gasteiger partial charge in [0.05, 0.1) is 10.9 Å². The van der Waals surface area contributed by atoms with Crippen LogP contribution in [0.15, 0.2) is 0 Å². The first-order valence-electron chi connectivity index (χ1n) is 4.25. The Labute approximate surface area is 92.1 Å². The Bertz CT molecular complexity index is 256. The molecule has 0 radical (unpaired) electrons. The van der Waals surface area contributed by atoms with Gasteiger partial charge in [0, 0.05) is 28.9 Å². The highest BCUT2D eigenvalue weighted by Crippen LogP contribution is 1.96. The van der Waals surface area contributed by atoms with Gasteiger partial charge in [-0.05, 0) is 13.8 Å². The van der Waals surface area contributed by atoms with E-state index < -0.39 is 16.7 Å². The van der Waals surface area contributed by atoms with Crippen LogP contribution in [0.1, 0.15) is 13.8 Å². The summed E-state index contributed by atoms with van der Waals surface area (Å²) in [6.45, 7) is 3.84. The van der Waals surface area contributed by atoms with Crippen molar-refractivity contribution in [1.29, 1.82) is 0 Å². The van der Waals surface area contributed by atoms with E-state index in [1.54, 1.807) is 13.2 Å². The van der Waals surface area contributed by atoms with Crippen LogP contribution >= 0.6 is 12.2 Å². The van der Waals surface area contributed by atoms with Gasteiger partial charge in [0.2, 0.25) is 5.91 Å². The maximum absolute atomic E-state index is 11.3. The summed E-state index contributed by atoms with van der Waals surface area (Å²) >= 11 is 4.68. The van der Waals surface area contributed by atoms with E-state index in [1.165, 1.54) is 0 Å². The number of nitrogens with one attached hydrogen (secondary N) is 1. The number of rotatable bonds is 5. The molecule has 3 unspecified atom stereocenters. The first-order valence-corrected chi connectivity index (χ1v) is 6.28. The molecule has 0 aromatic carbocycles. The third-order valence-electron chi connectivity index (χ3n) is 1.95. The summed E-state index contributed by atoms with van der Waals surface area (Å²) in [7, 11) is -0.929. The number of hydrogen-bond acceptors (Lipinski definition) is 3. The number of hydrogen-bond donors (Lipinski definition) is 2. The summed E-state index contributed by atoms with van der Waals surface area (Å²) < 4.78 is 11.0. The Hall–Kier alpha value is -0.490. The molecule has 14 heavy (non-hydrogen) atoms. The number of amides is 1. The first kappa shape index (κ1) is 13.5. The van der Waals surface area contributed by atoms with Gasteiger partial charge in [0.25, 0.3) is 0 Å². The predicted octanol–water partition coefficient (Wildman–Crippen LogP) is -0.208. The lowest BCUT2D eigenvalue weighted by Gasteiger charge is -2.13. The van der Waals surface area contributed by atoms with Crippen molar-refractivity contribution in [1.82, 2.24) is 5.32 Å². The molecule has 0 aliphatic carbocycles. The van der Waals surface area contributed by atoms with E-state index in [4.69, 9.17) is 5.73 Å². The highest BCUT2D eigenvalue weighted by Gasteiger charge is 2.16. The molecule has 0 heterocycles. The Morgan fingerprint density at radius 2 is 2.07 bits per heavy atom. The van der Waals surface area contributed by atoms with Crippen molar-refractivity contribution >= 4 is 33.9 Å². The minimum Gasteiger partial charge on any atom is -0.393 e. The van der Waals surface area contributed by atoms with Gasteiger partial charge >= 0.3 is 0 Å². The molecule has 82 valence electrons. The molecule has 0 saturated carbocycles. The lowest BCUT2D eigenvalue weighted by atomic mass is 10.1. The third-order valence-corrected chi connectivity index (χ3v) is 3.60. The van der Waals surface area contributed by atoms with Crippen molar-refractivity contribution in [3.63, 3.8) is 0 Å². The van der Waals surface area contributed by atoms with Crippen molar-refractivity contribution in [2.45, 2.75) is 19.1 Å². The lowest BCUT2D eigenvalue weighted by molar-refractivity contribution is -0.122. The van der Waals surface area contributed by atoms with Gasteiger partial charge in [0.15, 0.2) is 0 Å². The Morgan fingerprint density at radius 3 is 2.43 bits per heavy atom. The molecule has 0 rings (SSSR count). The maximum Gasteiger partial charge on any atom is 0.229 e. The topological polar surface area (TPSA) is 72.2 Å². The maximum atomic E-state index is 11.3. The molecule has 0 aliphatic heterocycles. The Kier molecular flexibility index (Phi) is 5.87. The summed E-state index contributed by atoms with van der Waals surface area (Å²) in [5.41, 5.74) is 5.31. The fourth-order valence-electron chi connectivity index (χ4n) is 0.644. The number of carbonyl (C=O) groups excluding carboxylic acids is 1. The Morgan fingerprint density at radius 1 is 1.57 bits per heavy atom. The standard InChI is InChI=1S/C8H16N2O2S2/c1-5(14(3)12)4-10-8(11)6(2)7(9)13/h5-6H,4H2,1-3H3,(H2,9,13)(H,10,11). The summed E-state index contributed by atoms with van der Waals surface area (Å²) in [6.07, 6.45) is 1.60. The van der Waals surface area contributed by atoms with Gasteiger partial charge in [0.1, 0.15) is 0 Å². The summed E-state index contributed by atoms with van der Waals surface area (Å²) in [6, 6.07) is 0. The zero-order chi connectivity index (χ0) is 11.3. The summed E-state index contributed by atoms with van der Waals surface area (Å²) in [4.78, 5) is 11.5. The van der Waals surface area contributed by atoms with Crippen molar-refractivity contribution in [3.8, 4) is 0 Å². The molecule has 3 N–H and O–H groups in total. The van der Waals surface area contributed by atoms with Crippen LogP contribution in [0.4, 0.5) is 0 Å².